The molecule has 0 spiro atoms. The van der Waals surface area contributed by atoms with Gasteiger partial charge in [0.15, 0.2) is 0 Å². The predicted octanol–water partition coefficient (Wildman–Crippen LogP) is 0.864. The van der Waals surface area contributed by atoms with E-state index in [0.717, 1.165) is 45.4 Å². The molecule has 2 aliphatic rings. The van der Waals surface area contributed by atoms with Crippen molar-refractivity contribution in [1.82, 2.24) is 10.2 Å². The van der Waals surface area contributed by atoms with Gasteiger partial charge in [0.25, 0.3) is 0 Å². The van der Waals surface area contributed by atoms with Gasteiger partial charge in [0.2, 0.25) is 0 Å². The van der Waals surface area contributed by atoms with Crippen LogP contribution in [0.3, 0.4) is 0 Å². The third-order valence-electron chi connectivity index (χ3n) is 3.83. The van der Waals surface area contributed by atoms with E-state index in [1.54, 1.807) is 0 Å². The molecule has 0 amide bonds. The summed E-state index contributed by atoms with van der Waals surface area (Å²) in [6.45, 7) is 10.1. The number of nitrogens with zero attached hydrogens (tertiary/aromatic N) is 1. The van der Waals surface area contributed by atoms with Crippen molar-refractivity contribution in [2.24, 2.45) is 0 Å². The van der Waals surface area contributed by atoms with Gasteiger partial charge < -0.3 is 14.8 Å². The zero-order chi connectivity index (χ0) is 12.1. The van der Waals surface area contributed by atoms with E-state index in [1.807, 2.05) is 0 Å². The van der Waals surface area contributed by atoms with Crippen LogP contribution in [-0.4, -0.2) is 62.5 Å². The molecule has 4 heteroatoms. The minimum atomic E-state index is 0.273. The van der Waals surface area contributed by atoms with Crippen LogP contribution in [0, 0.1) is 0 Å². The number of nitrogens with one attached hydrogen (secondary N) is 1. The smallest absolute Gasteiger partial charge is 0.0975 e. The fraction of sp³-hybridized carbons (Fsp3) is 1.00. The monoisotopic (exact) mass is 242 g/mol. The summed E-state index contributed by atoms with van der Waals surface area (Å²) in [5.41, 5.74) is 0. The summed E-state index contributed by atoms with van der Waals surface area (Å²) < 4.78 is 11.6. The van der Waals surface area contributed by atoms with Crippen molar-refractivity contribution in [2.75, 3.05) is 39.4 Å². The van der Waals surface area contributed by atoms with Gasteiger partial charge >= 0.3 is 0 Å². The quantitative estimate of drug-likeness (QED) is 0.775. The lowest BCUT2D eigenvalue weighted by Gasteiger charge is -2.31. The van der Waals surface area contributed by atoms with Crippen LogP contribution in [0.15, 0.2) is 0 Å². The third kappa shape index (κ3) is 3.41. The van der Waals surface area contributed by atoms with Gasteiger partial charge in [-0.2, -0.15) is 0 Å². The van der Waals surface area contributed by atoms with Crippen LogP contribution < -0.4 is 5.32 Å². The number of hydrogen-bond acceptors (Lipinski definition) is 4. The molecule has 17 heavy (non-hydrogen) atoms. The summed E-state index contributed by atoms with van der Waals surface area (Å²) in [7, 11) is 0. The first-order valence-electron chi connectivity index (χ1n) is 7.03. The summed E-state index contributed by atoms with van der Waals surface area (Å²) in [4.78, 5) is 2.57. The lowest BCUT2D eigenvalue weighted by Crippen LogP contribution is -2.42. The van der Waals surface area contributed by atoms with Gasteiger partial charge in [-0.25, -0.2) is 0 Å². The largest absolute Gasteiger partial charge is 0.374 e. The van der Waals surface area contributed by atoms with E-state index in [-0.39, 0.29) is 12.2 Å². The van der Waals surface area contributed by atoms with E-state index in [1.165, 1.54) is 12.8 Å². The molecule has 2 fully saturated rings. The highest BCUT2D eigenvalue weighted by atomic mass is 16.5. The third-order valence-corrected chi connectivity index (χ3v) is 3.83. The molecule has 0 bridgehead atoms. The molecule has 0 radical (unpaired) electrons. The Morgan fingerprint density at radius 1 is 1.00 bits per heavy atom. The fourth-order valence-corrected chi connectivity index (χ4v) is 2.99. The van der Waals surface area contributed by atoms with Crippen molar-refractivity contribution >= 4 is 0 Å². The second-order valence-corrected chi connectivity index (χ2v) is 4.92. The topological polar surface area (TPSA) is 33.7 Å². The van der Waals surface area contributed by atoms with Crippen molar-refractivity contribution in [3.63, 3.8) is 0 Å². The standard InChI is InChI=1S/C13H26N2O2/c1-3-16-12-9-15(10-13(12)17-4-2)11-5-7-14-8-6-11/h11-14H,3-10H2,1-2H3/t12-,13+. The van der Waals surface area contributed by atoms with Gasteiger partial charge in [-0.15, -0.1) is 0 Å². The van der Waals surface area contributed by atoms with E-state index >= 15 is 0 Å². The molecule has 2 atom stereocenters. The number of hydrogen-bond donors (Lipinski definition) is 1. The lowest BCUT2D eigenvalue weighted by molar-refractivity contribution is -0.0388. The van der Waals surface area contributed by atoms with Crippen molar-refractivity contribution < 1.29 is 9.47 Å². The minimum absolute atomic E-state index is 0.273. The van der Waals surface area contributed by atoms with E-state index in [4.69, 9.17) is 9.47 Å². The fourth-order valence-electron chi connectivity index (χ4n) is 2.99. The van der Waals surface area contributed by atoms with E-state index < -0.39 is 0 Å². The molecule has 0 aromatic heterocycles. The highest BCUT2D eigenvalue weighted by Gasteiger charge is 2.37. The molecule has 0 saturated carbocycles. The van der Waals surface area contributed by atoms with Gasteiger partial charge in [0.05, 0.1) is 12.2 Å². The Kier molecular flexibility index (Phi) is 5.22. The summed E-state index contributed by atoms with van der Waals surface area (Å²) in [5, 5.41) is 3.42. The maximum atomic E-state index is 5.81. The number of ether oxygens (including phenoxy) is 2. The highest BCUT2D eigenvalue weighted by molar-refractivity contribution is 4.91. The first-order chi connectivity index (χ1) is 8.35. The predicted molar refractivity (Wildman–Crippen MR) is 68.3 cm³/mol. The van der Waals surface area contributed by atoms with Crippen molar-refractivity contribution in [3.05, 3.63) is 0 Å². The van der Waals surface area contributed by atoms with Gasteiger partial charge in [0.1, 0.15) is 0 Å². The normalized spacial score (nSPS) is 32.1. The lowest BCUT2D eigenvalue weighted by atomic mass is 10.1. The molecule has 2 heterocycles. The molecule has 2 saturated heterocycles. The maximum Gasteiger partial charge on any atom is 0.0975 e. The van der Waals surface area contributed by atoms with Crippen LogP contribution in [0.4, 0.5) is 0 Å². The van der Waals surface area contributed by atoms with Gasteiger partial charge in [-0.05, 0) is 39.8 Å². The van der Waals surface area contributed by atoms with Gasteiger partial charge in [-0.3, -0.25) is 4.90 Å². The second-order valence-electron chi connectivity index (χ2n) is 4.92. The summed E-state index contributed by atoms with van der Waals surface area (Å²) in [6, 6.07) is 0.727. The first-order valence-corrected chi connectivity index (χ1v) is 7.03. The van der Waals surface area contributed by atoms with Crippen LogP contribution >= 0.6 is 0 Å². The van der Waals surface area contributed by atoms with E-state index in [0.29, 0.717) is 0 Å². The summed E-state index contributed by atoms with van der Waals surface area (Å²) >= 11 is 0. The average Bonchev–Trinajstić information content (AvgIpc) is 2.75. The number of rotatable bonds is 5. The van der Waals surface area contributed by atoms with Crippen molar-refractivity contribution in [1.29, 1.82) is 0 Å². The maximum absolute atomic E-state index is 5.81. The number of piperidine rings is 1. The molecule has 0 aliphatic carbocycles. The average molecular weight is 242 g/mol. The van der Waals surface area contributed by atoms with Crippen LogP contribution in [0.1, 0.15) is 26.7 Å². The van der Waals surface area contributed by atoms with Gasteiger partial charge in [0, 0.05) is 32.3 Å². The first kappa shape index (κ1) is 13.3. The molecule has 1 N–H and O–H groups in total. The van der Waals surface area contributed by atoms with E-state index in [2.05, 4.69) is 24.1 Å². The Labute approximate surface area is 105 Å². The second kappa shape index (κ2) is 6.69. The van der Waals surface area contributed by atoms with Gasteiger partial charge in [-0.1, -0.05) is 0 Å². The van der Waals surface area contributed by atoms with Crippen LogP contribution in [0.2, 0.25) is 0 Å². The molecule has 0 unspecified atom stereocenters. The molecule has 0 aromatic carbocycles. The zero-order valence-corrected chi connectivity index (χ0v) is 11.2. The molecule has 4 nitrogen and oxygen atoms in total. The summed E-state index contributed by atoms with van der Waals surface area (Å²) in [6.07, 6.45) is 3.07. The van der Waals surface area contributed by atoms with Crippen molar-refractivity contribution in [2.45, 2.75) is 44.9 Å². The molecule has 100 valence electrons. The Hall–Kier alpha value is -0.160. The molecular formula is C13H26N2O2. The van der Waals surface area contributed by atoms with Crippen LogP contribution in [0.5, 0.6) is 0 Å². The molecule has 0 aromatic rings. The van der Waals surface area contributed by atoms with Crippen LogP contribution in [0.25, 0.3) is 0 Å². The zero-order valence-electron chi connectivity index (χ0n) is 11.2. The SMILES string of the molecule is CCO[C@H]1CN(C2CCNCC2)C[C@H]1OCC. The Morgan fingerprint density at radius 2 is 1.53 bits per heavy atom. The highest BCUT2D eigenvalue weighted by Crippen LogP contribution is 2.22. The molecular weight excluding hydrogens is 216 g/mol. The van der Waals surface area contributed by atoms with E-state index in [9.17, 15) is 0 Å². The van der Waals surface area contributed by atoms with Crippen molar-refractivity contribution in [3.8, 4) is 0 Å². The Balaban J connectivity index is 1.87. The number of likely N-dealkylation sites (tertiary alicyclic amines) is 1. The molecule has 2 rings (SSSR count). The molecule has 2 aliphatic heterocycles. The Morgan fingerprint density at radius 3 is 2.00 bits per heavy atom. The van der Waals surface area contributed by atoms with Crippen LogP contribution in [-0.2, 0) is 9.47 Å². The Bertz CT molecular complexity index is 205. The minimum Gasteiger partial charge on any atom is -0.374 e. The summed E-state index contributed by atoms with van der Waals surface area (Å²) in [5.74, 6) is 0.